The van der Waals surface area contributed by atoms with Gasteiger partial charge in [0.1, 0.15) is 0 Å². The Morgan fingerprint density at radius 1 is 1.40 bits per heavy atom. The van der Waals surface area contributed by atoms with Crippen molar-refractivity contribution >= 4 is 48.8 Å². The van der Waals surface area contributed by atoms with Gasteiger partial charge in [-0.3, -0.25) is 4.79 Å². The molecule has 0 radical (unpaired) electrons. The third-order valence-electron chi connectivity index (χ3n) is 0.593. The molecule has 0 saturated heterocycles. The SMILES string of the molecule is NC(=O)C(Cl)(Cl)S(=O)(=O)Cl. The van der Waals surface area contributed by atoms with Crippen molar-refractivity contribution in [3.05, 3.63) is 0 Å². The zero-order chi connectivity index (χ0) is 8.58. The first-order chi connectivity index (χ1) is 4.19. The molecule has 0 aromatic carbocycles. The molecule has 2 N–H and O–H groups in total. The van der Waals surface area contributed by atoms with Crippen LogP contribution in [0.4, 0.5) is 0 Å². The number of alkyl halides is 2. The van der Waals surface area contributed by atoms with Gasteiger partial charge in [-0.05, 0) is 0 Å². The number of hydrogen-bond acceptors (Lipinski definition) is 3. The predicted molar refractivity (Wildman–Crippen MR) is 38.4 cm³/mol. The normalized spacial score (nSPS) is 13.1. The lowest BCUT2D eigenvalue weighted by Gasteiger charge is -2.09. The van der Waals surface area contributed by atoms with E-state index in [1.807, 2.05) is 0 Å². The van der Waals surface area contributed by atoms with Crippen LogP contribution >= 0.6 is 33.9 Å². The third kappa shape index (κ3) is 1.88. The molecular weight excluding hydrogens is 224 g/mol. The van der Waals surface area contributed by atoms with E-state index in [1.54, 1.807) is 0 Å². The summed E-state index contributed by atoms with van der Waals surface area (Å²) in [6.07, 6.45) is 0. The molecule has 0 rings (SSSR count). The molecule has 0 unspecified atom stereocenters. The summed E-state index contributed by atoms with van der Waals surface area (Å²) in [5.41, 5.74) is 4.49. The van der Waals surface area contributed by atoms with Gasteiger partial charge in [-0.25, -0.2) is 8.42 Å². The monoisotopic (exact) mass is 225 g/mol. The summed E-state index contributed by atoms with van der Waals surface area (Å²) in [6.45, 7) is 0. The van der Waals surface area contributed by atoms with Gasteiger partial charge in [0.15, 0.2) is 0 Å². The molecule has 0 aliphatic heterocycles. The van der Waals surface area contributed by atoms with Crippen LogP contribution in [-0.4, -0.2) is 18.0 Å². The smallest absolute Gasteiger partial charge is 0.310 e. The maximum Gasteiger partial charge on any atom is 0.310 e. The van der Waals surface area contributed by atoms with Crippen molar-refractivity contribution in [1.29, 1.82) is 0 Å². The zero-order valence-corrected chi connectivity index (χ0v) is 7.43. The molecule has 4 nitrogen and oxygen atoms in total. The standard InChI is InChI=1S/C2H2Cl3NO3S/c3-2(4,1(6)7)10(5,8)9/h(H2,6,7). The molecule has 1 amide bonds. The van der Waals surface area contributed by atoms with Gasteiger partial charge in [0.05, 0.1) is 0 Å². The lowest BCUT2D eigenvalue weighted by atomic mass is 10.7. The highest BCUT2D eigenvalue weighted by molar-refractivity contribution is 8.17. The van der Waals surface area contributed by atoms with E-state index in [2.05, 4.69) is 16.4 Å². The molecule has 10 heavy (non-hydrogen) atoms. The molecule has 0 fully saturated rings. The van der Waals surface area contributed by atoms with E-state index in [-0.39, 0.29) is 0 Å². The van der Waals surface area contributed by atoms with Crippen LogP contribution in [0.1, 0.15) is 0 Å². The van der Waals surface area contributed by atoms with Crippen molar-refractivity contribution in [2.24, 2.45) is 5.73 Å². The lowest BCUT2D eigenvalue weighted by Crippen LogP contribution is -2.38. The summed E-state index contributed by atoms with van der Waals surface area (Å²) < 4.78 is 17.8. The maximum atomic E-state index is 10.3. The van der Waals surface area contributed by atoms with Crippen LogP contribution in [0.25, 0.3) is 0 Å². The summed E-state index contributed by atoms with van der Waals surface area (Å²) in [5, 5.41) is 0. The van der Waals surface area contributed by atoms with Gasteiger partial charge in [-0.1, -0.05) is 23.2 Å². The molecule has 8 heteroatoms. The molecule has 0 saturated carbocycles. The predicted octanol–water partition coefficient (Wildman–Crippen LogP) is 0.172. The highest BCUT2D eigenvalue weighted by Gasteiger charge is 2.45. The quantitative estimate of drug-likeness (QED) is 0.539. The second kappa shape index (κ2) is 2.73. The number of nitrogens with two attached hydrogens (primary N) is 1. The van der Waals surface area contributed by atoms with Crippen LogP contribution in [0, 0.1) is 0 Å². The maximum absolute atomic E-state index is 10.3. The number of primary amides is 1. The fraction of sp³-hybridized carbons (Fsp3) is 0.500. The molecular formula is C2H2Cl3NO3S. The Balaban J connectivity index is 4.95. The topological polar surface area (TPSA) is 77.2 Å². The van der Waals surface area contributed by atoms with E-state index >= 15 is 0 Å². The number of carbonyl (C=O) groups excluding carboxylic acids is 1. The number of carbonyl (C=O) groups is 1. The molecule has 0 aromatic heterocycles. The molecule has 0 bridgehead atoms. The van der Waals surface area contributed by atoms with Gasteiger partial charge in [0.2, 0.25) is 0 Å². The van der Waals surface area contributed by atoms with Gasteiger partial charge in [-0.15, -0.1) is 0 Å². The van der Waals surface area contributed by atoms with E-state index in [0.29, 0.717) is 0 Å². The lowest BCUT2D eigenvalue weighted by molar-refractivity contribution is -0.117. The first-order valence-corrected chi connectivity index (χ1v) is 4.88. The van der Waals surface area contributed by atoms with Gasteiger partial charge in [0, 0.05) is 10.7 Å². The summed E-state index contributed by atoms with van der Waals surface area (Å²) in [5.74, 6) is -1.43. The Labute approximate surface area is 71.6 Å². The number of rotatable bonds is 2. The highest BCUT2D eigenvalue weighted by atomic mass is 35.7. The van der Waals surface area contributed by atoms with Gasteiger partial charge in [-0.2, -0.15) is 0 Å². The van der Waals surface area contributed by atoms with E-state index in [1.165, 1.54) is 0 Å². The van der Waals surface area contributed by atoms with Crippen LogP contribution in [0.15, 0.2) is 0 Å². The van der Waals surface area contributed by atoms with Gasteiger partial charge in [0.25, 0.3) is 15.0 Å². The average molecular weight is 226 g/mol. The van der Waals surface area contributed by atoms with Crippen molar-refractivity contribution in [3.63, 3.8) is 0 Å². The van der Waals surface area contributed by atoms with Crippen molar-refractivity contribution in [1.82, 2.24) is 0 Å². The van der Waals surface area contributed by atoms with Crippen LogP contribution in [0.5, 0.6) is 0 Å². The van der Waals surface area contributed by atoms with Crippen LogP contribution in [0.2, 0.25) is 0 Å². The summed E-state index contributed by atoms with van der Waals surface area (Å²) >= 11 is 9.84. The van der Waals surface area contributed by atoms with E-state index in [9.17, 15) is 13.2 Å². The Morgan fingerprint density at radius 3 is 1.70 bits per heavy atom. The molecule has 60 valence electrons. The highest BCUT2D eigenvalue weighted by Crippen LogP contribution is 2.30. The summed E-state index contributed by atoms with van der Waals surface area (Å²) in [6, 6.07) is 0. The third-order valence-corrected chi connectivity index (χ3v) is 4.17. The molecule has 0 heterocycles. The molecule has 0 aliphatic carbocycles. The van der Waals surface area contributed by atoms with E-state index in [0.717, 1.165) is 0 Å². The number of hydrogen-bond donors (Lipinski definition) is 1. The largest absolute Gasteiger partial charge is 0.366 e. The van der Waals surface area contributed by atoms with Crippen LogP contribution in [-0.2, 0) is 13.8 Å². The number of halogens is 3. The van der Waals surface area contributed by atoms with Gasteiger partial charge >= 0.3 is 3.67 Å². The second-order valence-electron chi connectivity index (χ2n) is 1.32. The molecule has 0 aliphatic rings. The van der Waals surface area contributed by atoms with Crippen molar-refractivity contribution in [2.45, 2.75) is 3.67 Å². The fourth-order valence-electron chi connectivity index (χ4n) is 0.120. The fourth-order valence-corrected chi connectivity index (χ4v) is 0.589. The first kappa shape index (κ1) is 10.3. The molecule has 0 atom stereocenters. The van der Waals surface area contributed by atoms with Crippen LogP contribution in [0.3, 0.4) is 0 Å². The van der Waals surface area contributed by atoms with Gasteiger partial charge < -0.3 is 5.73 Å². The van der Waals surface area contributed by atoms with Crippen LogP contribution < -0.4 is 5.73 Å². The summed E-state index contributed by atoms with van der Waals surface area (Å²) in [7, 11) is 0.254. The second-order valence-corrected chi connectivity index (χ2v) is 5.80. The first-order valence-electron chi connectivity index (χ1n) is 1.81. The minimum Gasteiger partial charge on any atom is -0.366 e. The van der Waals surface area contributed by atoms with E-state index < -0.39 is 18.6 Å². The minimum atomic E-state index is -4.37. The minimum absolute atomic E-state index is 1.43. The Bertz CT molecular complexity index is 244. The van der Waals surface area contributed by atoms with Crippen molar-refractivity contribution in [3.8, 4) is 0 Å². The average Bonchev–Trinajstić information content (AvgIpc) is 1.62. The van der Waals surface area contributed by atoms with E-state index in [4.69, 9.17) is 23.2 Å². The summed E-state index contributed by atoms with van der Waals surface area (Å²) in [4.78, 5) is 10.2. The van der Waals surface area contributed by atoms with Crippen molar-refractivity contribution < 1.29 is 13.2 Å². The Hall–Kier alpha value is 0.290. The molecule has 0 aromatic rings. The molecule has 0 spiro atoms. The van der Waals surface area contributed by atoms with Crippen molar-refractivity contribution in [2.75, 3.05) is 0 Å². The number of amides is 1. The Morgan fingerprint density at radius 2 is 1.70 bits per heavy atom. The Kier molecular flexibility index (Phi) is 2.81. The zero-order valence-electron chi connectivity index (χ0n) is 4.34.